The molecule has 0 saturated heterocycles. The van der Waals surface area contributed by atoms with E-state index < -0.39 is 17.8 Å². The van der Waals surface area contributed by atoms with E-state index in [-0.39, 0.29) is 5.56 Å². The predicted molar refractivity (Wildman–Crippen MR) is 116 cm³/mol. The molecular weight excluding hydrogens is 409 g/mol. The van der Waals surface area contributed by atoms with Crippen molar-refractivity contribution in [3.8, 4) is 5.69 Å². The van der Waals surface area contributed by atoms with Crippen LogP contribution in [0.5, 0.6) is 0 Å². The summed E-state index contributed by atoms with van der Waals surface area (Å²) in [6.07, 6.45) is 1.85. The highest BCUT2D eigenvalue weighted by Crippen LogP contribution is 2.22. The van der Waals surface area contributed by atoms with Gasteiger partial charge < -0.3 is 10.3 Å². The maximum atomic E-state index is 14.0. The Labute approximate surface area is 182 Å². The Morgan fingerprint density at radius 2 is 1.88 bits per heavy atom. The molecule has 0 spiro atoms. The number of benzene rings is 3. The second kappa shape index (κ2) is 8.38. The molecule has 2 N–H and O–H groups in total. The van der Waals surface area contributed by atoms with Crippen LogP contribution in [-0.4, -0.2) is 36.1 Å². The second-order valence-corrected chi connectivity index (χ2v) is 7.27. The van der Waals surface area contributed by atoms with E-state index in [2.05, 4.69) is 30.8 Å². The number of nitrogens with zero attached hydrogens (tertiary/aromatic N) is 5. The lowest BCUT2D eigenvalue weighted by Gasteiger charge is -2.18. The third-order valence-corrected chi connectivity index (χ3v) is 5.12. The smallest absolute Gasteiger partial charge is 0.254 e. The van der Waals surface area contributed by atoms with Crippen molar-refractivity contribution in [2.45, 2.75) is 12.5 Å². The number of hydrogen-bond donors (Lipinski definition) is 2. The average Bonchev–Trinajstić information content (AvgIpc) is 3.49. The Balaban J connectivity index is 1.51. The molecule has 5 aromatic rings. The van der Waals surface area contributed by atoms with Crippen molar-refractivity contribution in [2.24, 2.45) is 0 Å². The van der Waals surface area contributed by atoms with Gasteiger partial charge in [-0.25, -0.2) is 9.37 Å². The van der Waals surface area contributed by atoms with Gasteiger partial charge in [0.05, 0.1) is 28.3 Å². The van der Waals surface area contributed by atoms with Crippen LogP contribution in [0.4, 0.5) is 4.39 Å². The Morgan fingerprint density at radius 1 is 1.06 bits per heavy atom. The minimum absolute atomic E-state index is 0.117. The maximum absolute atomic E-state index is 14.0. The quantitative estimate of drug-likeness (QED) is 0.433. The summed E-state index contributed by atoms with van der Waals surface area (Å²) in [5, 5.41) is 14.0. The lowest BCUT2D eigenvalue weighted by atomic mass is 10.0. The molecule has 0 fully saturated rings. The summed E-state index contributed by atoms with van der Waals surface area (Å²) >= 11 is 0. The lowest BCUT2D eigenvalue weighted by molar-refractivity contribution is 0.0934. The summed E-state index contributed by atoms with van der Waals surface area (Å²) in [6.45, 7) is 0. The van der Waals surface area contributed by atoms with Gasteiger partial charge in [-0.3, -0.25) is 4.79 Å². The zero-order valence-electron chi connectivity index (χ0n) is 16.8. The number of hydrogen-bond acceptors (Lipinski definition) is 5. The van der Waals surface area contributed by atoms with Gasteiger partial charge in [0.1, 0.15) is 18.0 Å². The van der Waals surface area contributed by atoms with Crippen molar-refractivity contribution in [2.75, 3.05) is 0 Å². The molecule has 0 bridgehead atoms. The molecule has 3 aromatic carbocycles. The monoisotopic (exact) mass is 427 g/mol. The fraction of sp³-hybridized carbons (Fsp3) is 0.0870. The van der Waals surface area contributed by atoms with E-state index in [1.165, 1.54) is 29.2 Å². The number of imidazole rings is 1. The van der Waals surface area contributed by atoms with E-state index in [9.17, 15) is 9.18 Å². The number of carbonyl (C=O) groups is 1. The maximum Gasteiger partial charge on any atom is 0.254 e. The van der Waals surface area contributed by atoms with Gasteiger partial charge in [-0.1, -0.05) is 42.5 Å². The largest absolute Gasteiger partial charge is 0.342 e. The molecular formula is C23H18FN7O. The number of halogens is 1. The first-order chi connectivity index (χ1) is 15.7. The number of H-pyrrole nitrogens is 1. The summed E-state index contributed by atoms with van der Waals surface area (Å²) in [5.74, 6) is -0.379. The molecule has 0 unspecified atom stereocenters. The Bertz CT molecular complexity index is 1330. The van der Waals surface area contributed by atoms with Gasteiger partial charge >= 0.3 is 0 Å². The molecule has 0 aliphatic heterocycles. The number of carbonyl (C=O) groups excluding carboxylic acids is 1. The van der Waals surface area contributed by atoms with E-state index >= 15 is 0 Å². The molecule has 0 aliphatic rings. The third kappa shape index (κ3) is 3.95. The van der Waals surface area contributed by atoms with Crippen LogP contribution in [0.1, 0.15) is 27.8 Å². The molecule has 1 amide bonds. The van der Waals surface area contributed by atoms with Crippen LogP contribution < -0.4 is 5.32 Å². The molecule has 8 nitrogen and oxygen atoms in total. The van der Waals surface area contributed by atoms with Crippen LogP contribution in [0.3, 0.4) is 0 Å². The Hall–Kier alpha value is -4.40. The van der Waals surface area contributed by atoms with Crippen LogP contribution in [-0.2, 0) is 6.42 Å². The fourth-order valence-corrected chi connectivity index (χ4v) is 3.60. The third-order valence-electron chi connectivity index (χ3n) is 5.12. The number of fused-ring (bicyclic) bond motifs is 1. The Morgan fingerprint density at radius 3 is 2.66 bits per heavy atom. The van der Waals surface area contributed by atoms with E-state index in [1.54, 1.807) is 0 Å². The molecule has 158 valence electrons. The number of nitrogens with one attached hydrogen (secondary N) is 2. The van der Waals surface area contributed by atoms with Crippen molar-refractivity contribution >= 4 is 16.9 Å². The fourth-order valence-electron chi connectivity index (χ4n) is 3.60. The number of para-hydroxylation sites is 2. The standard InChI is InChI=1S/C23H18FN7O/c24-16-10-11-21(31-14-25-29-30-31)17(13-16)23(32)28-20(12-15-6-2-1-3-7-15)22-26-18-8-4-5-9-19(18)27-22/h1-11,13-14,20H,12H2,(H,26,27)(H,28,32)/t20-/m0/s1. The molecule has 32 heavy (non-hydrogen) atoms. The molecule has 0 radical (unpaired) electrons. The highest BCUT2D eigenvalue weighted by atomic mass is 19.1. The minimum atomic E-state index is -0.532. The van der Waals surface area contributed by atoms with E-state index in [0.717, 1.165) is 16.6 Å². The first-order valence-corrected chi connectivity index (χ1v) is 10.00. The number of aromatic nitrogens is 6. The van der Waals surface area contributed by atoms with Crippen LogP contribution in [0.2, 0.25) is 0 Å². The number of amides is 1. The number of rotatable bonds is 6. The topological polar surface area (TPSA) is 101 Å². The van der Waals surface area contributed by atoms with Crippen molar-refractivity contribution in [1.29, 1.82) is 0 Å². The normalized spacial score (nSPS) is 12.0. The molecule has 5 rings (SSSR count). The van der Waals surface area contributed by atoms with E-state index in [0.29, 0.717) is 17.9 Å². The van der Waals surface area contributed by atoms with Crippen LogP contribution in [0.15, 0.2) is 79.1 Å². The van der Waals surface area contributed by atoms with Crippen molar-refractivity contribution in [3.63, 3.8) is 0 Å². The zero-order valence-corrected chi connectivity index (χ0v) is 16.8. The molecule has 9 heteroatoms. The van der Waals surface area contributed by atoms with Crippen molar-refractivity contribution < 1.29 is 9.18 Å². The number of aromatic amines is 1. The summed E-state index contributed by atoms with van der Waals surface area (Å²) < 4.78 is 15.4. The number of tetrazole rings is 1. The first-order valence-electron chi connectivity index (χ1n) is 10.00. The lowest BCUT2D eigenvalue weighted by Crippen LogP contribution is -2.31. The SMILES string of the molecule is O=C(N[C@@H](Cc1ccccc1)c1nc2ccccc2[nH]1)c1cc(F)ccc1-n1cnnn1. The first kappa shape index (κ1) is 19.6. The zero-order chi connectivity index (χ0) is 21.9. The Kier molecular flexibility index (Phi) is 5.12. The summed E-state index contributed by atoms with van der Waals surface area (Å²) in [5.41, 5.74) is 3.19. The van der Waals surface area contributed by atoms with Gasteiger partial charge in [-0.05, 0) is 52.7 Å². The van der Waals surface area contributed by atoms with Crippen molar-refractivity contribution in [1.82, 2.24) is 35.5 Å². The van der Waals surface area contributed by atoms with Crippen LogP contribution in [0, 0.1) is 5.82 Å². The highest BCUT2D eigenvalue weighted by molar-refractivity contribution is 5.98. The summed E-state index contributed by atoms with van der Waals surface area (Å²) in [4.78, 5) is 21.3. The van der Waals surface area contributed by atoms with Gasteiger partial charge in [-0.2, -0.15) is 4.68 Å². The van der Waals surface area contributed by atoms with Crippen LogP contribution in [0.25, 0.3) is 16.7 Å². The predicted octanol–water partition coefficient (Wildman–Crippen LogP) is 3.39. The molecule has 2 heterocycles. The van der Waals surface area contributed by atoms with Gasteiger partial charge in [0.25, 0.3) is 5.91 Å². The summed E-state index contributed by atoms with van der Waals surface area (Å²) in [6, 6.07) is 20.9. The molecule has 0 saturated carbocycles. The second-order valence-electron chi connectivity index (χ2n) is 7.27. The van der Waals surface area contributed by atoms with E-state index in [1.807, 2.05) is 54.6 Å². The highest BCUT2D eigenvalue weighted by Gasteiger charge is 2.22. The van der Waals surface area contributed by atoms with E-state index in [4.69, 9.17) is 0 Å². The van der Waals surface area contributed by atoms with Gasteiger partial charge in [0.15, 0.2) is 0 Å². The van der Waals surface area contributed by atoms with Gasteiger partial charge in [0, 0.05) is 0 Å². The van der Waals surface area contributed by atoms with Crippen LogP contribution >= 0.6 is 0 Å². The molecule has 1 atom stereocenters. The average molecular weight is 427 g/mol. The van der Waals surface area contributed by atoms with Crippen molar-refractivity contribution in [3.05, 3.63) is 102 Å². The summed E-state index contributed by atoms with van der Waals surface area (Å²) in [7, 11) is 0. The molecule has 2 aromatic heterocycles. The molecule has 0 aliphatic carbocycles. The van der Waals surface area contributed by atoms with Gasteiger partial charge in [-0.15, -0.1) is 5.10 Å². The van der Waals surface area contributed by atoms with Gasteiger partial charge in [0.2, 0.25) is 0 Å². The minimum Gasteiger partial charge on any atom is -0.342 e.